The van der Waals surface area contributed by atoms with Gasteiger partial charge in [0.15, 0.2) is 0 Å². The van der Waals surface area contributed by atoms with Crippen LogP contribution >= 0.6 is 0 Å². The number of nitrogens with one attached hydrogen (secondary N) is 1. The number of hydrogen-bond donors (Lipinski definition) is 1. The van der Waals surface area contributed by atoms with Gasteiger partial charge in [-0.3, -0.25) is 0 Å². The van der Waals surface area contributed by atoms with Gasteiger partial charge in [-0.15, -0.1) is 0 Å². The van der Waals surface area contributed by atoms with E-state index in [4.69, 9.17) is 9.47 Å². The van der Waals surface area contributed by atoms with Crippen LogP contribution in [0.1, 0.15) is 25.2 Å². The van der Waals surface area contributed by atoms with Crippen molar-refractivity contribution in [2.75, 3.05) is 26.9 Å². The average molecular weight is 253 g/mol. The summed E-state index contributed by atoms with van der Waals surface area (Å²) in [5.74, 6) is 0.544. The first-order chi connectivity index (χ1) is 8.61. The van der Waals surface area contributed by atoms with E-state index in [-0.39, 0.29) is 0 Å². The summed E-state index contributed by atoms with van der Waals surface area (Å²) in [4.78, 5) is 8.54. The zero-order valence-corrected chi connectivity index (χ0v) is 11.7. The zero-order valence-electron chi connectivity index (χ0n) is 11.7. The summed E-state index contributed by atoms with van der Waals surface area (Å²) in [7, 11) is 1.89. The highest BCUT2D eigenvalue weighted by molar-refractivity contribution is 5.12. The molecule has 5 nitrogen and oxygen atoms in total. The molecule has 102 valence electrons. The Morgan fingerprint density at radius 1 is 1.28 bits per heavy atom. The lowest BCUT2D eigenvalue weighted by atomic mass is 10.2. The van der Waals surface area contributed by atoms with Crippen LogP contribution in [0.15, 0.2) is 6.07 Å². The zero-order chi connectivity index (χ0) is 13.4. The van der Waals surface area contributed by atoms with E-state index in [0.29, 0.717) is 31.7 Å². The molecule has 0 saturated heterocycles. The first-order valence-electron chi connectivity index (χ1n) is 6.31. The fraction of sp³-hybridized carbons (Fsp3) is 0.692. The number of nitrogens with zero attached hydrogens (tertiary/aromatic N) is 2. The molecule has 0 unspecified atom stereocenters. The molecule has 0 aliphatic heterocycles. The third kappa shape index (κ3) is 5.93. The standard InChI is InChI=1S/C13H23N3O2/c1-10(2)9-17-5-6-18-13-15-11(3)7-12(16-13)8-14-4/h7,10,14H,5-6,8-9H2,1-4H3. The van der Waals surface area contributed by atoms with Gasteiger partial charge in [0.2, 0.25) is 0 Å². The molecule has 1 rings (SSSR count). The molecule has 0 amide bonds. The molecule has 1 aromatic rings. The monoisotopic (exact) mass is 253 g/mol. The van der Waals surface area contributed by atoms with Crippen molar-refractivity contribution in [2.24, 2.45) is 5.92 Å². The average Bonchev–Trinajstić information content (AvgIpc) is 2.28. The van der Waals surface area contributed by atoms with Gasteiger partial charge in [0.25, 0.3) is 0 Å². The van der Waals surface area contributed by atoms with Gasteiger partial charge in [-0.05, 0) is 26.0 Å². The summed E-state index contributed by atoms with van der Waals surface area (Å²) in [6, 6.07) is 2.37. The van der Waals surface area contributed by atoms with Gasteiger partial charge in [-0.1, -0.05) is 13.8 Å². The molecule has 0 saturated carbocycles. The molecule has 0 radical (unpaired) electrons. The maximum atomic E-state index is 5.48. The fourth-order valence-electron chi connectivity index (χ4n) is 1.45. The van der Waals surface area contributed by atoms with Crippen molar-refractivity contribution in [3.05, 3.63) is 17.5 Å². The Morgan fingerprint density at radius 2 is 2.06 bits per heavy atom. The van der Waals surface area contributed by atoms with E-state index in [0.717, 1.165) is 18.0 Å². The third-order valence-corrected chi connectivity index (χ3v) is 2.15. The SMILES string of the molecule is CNCc1cc(C)nc(OCCOCC(C)C)n1. The van der Waals surface area contributed by atoms with Crippen LogP contribution in [0.5, 0.6) is 6.01 Å². The van der Waals surface area contributed by atoms with Crippen LogP contribution in [-0.4, -0.2) is 36.8 Å². The largest absolute Gasteiger partial charge is 0.461 e. The molecule has 5 heteroatoms. The molecule has 0 spiro atoms. The minimum Gasteiger partial charge on any atom is -0.461 e. The number of aryl methyl sites for hydroxylation is 1. The molecule has 0 bridgehead atoms. The summed E-state index contributed by atoms with van der Waals surface area (Å²) in [6.45, 7) is 8.69. The Balaban J connectivity index is 2.37. The van der Waals surface area contributed by atoms with Gasteiger partial charge in [0.1, 0.15) is 6.61 Å². The lowest BCUT2D eigenvalue weighted by molar-refractivity contribution is 0.0790. The highest BCUT2D eigenvalue weighted by atomic mass is 16.5. The molecule has 1 aromatic heterocycles. The lowest BCUT2D eigenvalue weighted by Crippen LogP contribution is -2.13. The van der Waals surface area contributed by atoms with E-state index in [1.165, 1.54) is 0 Å². The molecular weight excluding hydrogens is 230 g/mol. The van der Waals surface area contributed by atoms with Crippen molar-refractivity contribution < 1.29 is 9.47 Å². The highest BCUT2D eigenvalue weighted by Crippen LogP contribution is 2.06. The smallest absolute Gasteiger partial charge is 0.316 e. The quantitative estimate of drug-likeness (QED) is 0.712. The van der Waals surface area contributed by atoms with Crippen molar-refractivity contribution >= 4 is 0 Å². The van der Waals surface area contributed by atoms with Gasteiger partial charge >= 0.3 is 6.01 Å². The number of ether oxygens (including phenoxy) is 2. The molecular formula is C13H23N3O2. The minimum absolute atomic E-state index is 0.424. The fourth-order valence-corrected chi connectivity index (χ4v) is 1.45. The first kappa shape index (κ1) is 14.9. The first-order valence-corrected chi connectivity index (χ1v) is 6.31. The second kappa shape index (κ2) is 8.00. The lowest BCUT2D eigenvalue weighted by Gasteiger charge is -2.09. The minimum atomic E-state index is 0.424. The Bertz CT molecular complexity index is 356. The predicted molar refractivity (Wildman–Crippen MR) is 70.7 cm³/mol. The second-order valence-corrected chi connectivity index (χ2v) is 4.63. The van der Waals surface area contributed by atoms with E-state index in [1.54, 1.807) is 0 Å². The van der Waals surface area contributed by atoms with Crippen molar-refractivity contribution in [2.45, 2.75) is 27.3 Å². The molecule has 0 atom stereocenters. The Labute approximate surface area is 109 Å². The highest BCUT2D eigenvalue weighted by Gasteiger charge is 2.03. The molecule has 0 fully saturated rings. The topological polar surface area (TPSA) is 56.3 Å². The van der Waals surface area contributed by atoms with Gasteiger partial charge in [0.05, 0.1) is 12.3 Å². The van der Waals surface area contributed by atoms with E-state index in [9.17, 15) is 0 Å². The van der Waals surface area contributed by atoms with Crippen LogP contribution in [0, 0.1) is 12.8 Å². The summed E-state index contributed by atoms with van der Waals surface area (Å²) in [5, 5.41) is 3.06. The van der Waals surface area contributed by atoms with Crippen molar-refractivity contribution in [3.8, 4) is 6.01 Å². The van der Waals surface area contributed by atoms with Gasteiger partial charge < -0.3 is 14.8 Å². The van der Waals surface area contributed by atoms with Crippen LogP contribution in [0.25, 0.3) is 0 Å². The summed E-state index contributed by atoms with van der Waals surface area (Å²) in [5.41, 5.74) is 1.84. The normalized spacial score (nSPS) is 10.9. The van der Waals surface area contributed by atoms with Crippen LogP contribution in [0.2, 0.25) is 0 Å². The molecule has 18 heavy (non-hydrogen) atoms. The van der Waals surface area contributed by atoms with E-state index < -0.39 is 0 Å². The van der Waals surface area contributed by atoms with Gasteiger partial charge in [0, 0.05) is 18.8 Å². The Hall–Kier alpha value is -1.20. The number of rotatable bonds is 8. The summed E-state index contributed by atoms with van der Waals surface area (Å²) >= 11 is 0. The van der Waals surface area contributed by atoms with Crippen molar-refractivity contribution in [1.29, 1.82) is 0 Å². The molecule has 0 aliphatic rings. The van der Waals surface area contributed by atoms with Crippen LogP contribution in [0.3, 0.4) is 0 Å². The van der Waals surface area contributed by atoms with E-state index in [1.807, 2.05) is 20.0 Å². The van der Waals surface area contributed by atoms with Crippen LogP contribution < -0.4 is 10.1 Å². The maximum absolute atomic E-state index is 5.48. The summed E-state index contributed by atoms with van der Waals surface area (Å²) < 4.78 is 10.9. The number of aromatic nitrogens is 2. The third-order valence-electron chi connectivity index (χ3n) is 2.15. The predicted octanol–water partition coefficient (Wildman–Crippen LogP) is 1.56. The Morgan fingerprint density at radius 3 is 2.72 bits per heavy atom. The molecule has 0 aromatic carbocycles. The van der Waals surface area contributed by atoms with Crippen LogP contribution in [0.4, 0.5) is 0 Å². The van der Waals surface area contributed by atoms with E-state index in [2.05, 4.69) is 29.1 Å². The van der Waals surface area contributed by atoms with Gasteiger partial charge in [-0.2, -0.15) is 4.98 Å². The molecule has 1 N–H and O–H groups in total. The van der Waals surface area contributed by atoms with Crippen molar-refractivity contribution in [3.63, 3.8) is 0 Å². The second-order valence-electron chi connectivity index (χ2n) is 4.63. The molecule has 0 aliphatic carbocycles. The van der Waals surface area contributed by atoms with Crippen LogP contribution in [-0.2, 0) is 11.3 Å². The van der Waals surface area contributed by atoms with Gasteiger partial charge in [-0.25, -0.2) is 4.98 Å². The molecule has 1 heterocycles. The number of hydrogen-bond acceptors (Lipinski definition) is 5. The summed E-state index contributed by atoms with van der Waals surface area (Å²) in [6.07, 6.45) is 0. The van der Waals surface area contributed by atoms with E-state index >= 15 is 0 Å². The maximum Gasteiger partial charge on any atom is 0.316 e. The Kier molecular flexibility index (Phi) is 6.60. The van der Waals surface area contributed by atoms with Crippen molar-refractivity contribution in [1.82, 2.24) is 15.3 Å².